The molecule has 0 aliphatic carbocycles. The number of carbonyl (C=O) groups is 2. The van der Waals surface area contributed by atoms with Gasteiger partial charge in [-0.05, 0) is 55.2 Å². The quantitative estimate of drug-likeness (QED) is 0.683. The van der Waals surface area contributed by atoms with E-state index >= 15 is 0 Å². The number of amides is 1. The summed E-state index contributed by atoms with van der Waals surface area (Å²) < 4.78 is 28.0. The summed E-state index contributed by atoms with van der Waals surface area (Å²) in [5.41, 5.74) is 2.39. The van der Waals surface area contributed by atoms with Gasteiger partial charge in [0.1, 0.15) is 6.04 Å². The molecule has 1 amide bonds. The second kappa shape index (κ2) is 9.09. The molecule has 0 spiro atoms. The van der Waals surface area contributed by atoms with Gasteiger partial charge in [-0.3, -0.25) is 9.10 Å². The lowest BCUT2D eigenvalue weighted by atomic mass is 10.0. The SMILES string of the molecule is CCc1cccc(CC)c1N(C(C)C(=O)O)S(=O)(=O)c1ccc(NC(C)=O)cc1. The number of benzene rings is 2. The summed E-state index contributed by atoms with van der Waals surface area (Å²) in [6.45, 7) is 6.51. The normalized spacial score (nSPS) is 12.3. The summed E-state index contributed by atoms with van der Waals surface area (Å²) in [5, 5.41) is 12.2. The van der Waals surface area contributed by atoms with E-state index in [9.17, 15) is 23.1 Å². The number of rotatable bonds is 8. The number of hydrogen-bond donors (Lipinski definition) is 2. The fourth-order valence-corrected chi connectivity index (χ4v) is 4.84. The van der Waals surface area contributed by atoms with E-state index < -0.39 is 22.0 Å². The predicted octanol–water partition coefficient (Wildman–Crippen LogP) is 3.44. The Bertz CT molecular complexity index is 978. The molecule has 0 fully saturated rings. The van der Waals surface area contributed by atoms with Crippen molar-refractivity contribution in [3.8, 4) is 0 Å². The maximum absolute atomic E-state index is 13.5. The van der Waals surface area contributed by atoms with Crippen molar-refractivity contribution in [2.45, 2.75) is 51.5 Å². The number of carboxylic acid groups (broad SMARTS) is 1. The molecular weight excluding hydrogens is 392 g/mol. The Hall–Kier alpha value is -2.87. The van der Waals surface area contributed by atoms with Gasteiger partial charge in [0.05, 0.1) is 10.6 Å². The van der Waals surface area contributed by atoms with Crippen LogP contribution in [0.1, 0.15) is 38.8 Å². The molecule has 7 nitrogen and oxygen atoms in total. The van der Waals surface area contributed by atoms with Crippen molar-refractivity contribution in [3.05, 3.63) is 53.6 Å². The number of sulfonamides is 1. The molecule has 2 N–H and O–H groups in total. The number of anilines is 2. The number of nitrogens with zero attached hydrogens (tertiary/aromatic N) is 1. The second-order valence-corrected chi connectivity index (χ2v) is 8.47. The number of para-hydroxylation sites is 1. The van der Waals surface area contributed by atoms with Crippen LogP contribution in [0.3, 0.4) is 0 Å². The average molecular weight is 419 g/mol. The summed E-state index contributed by atoms with van der Waals surface area (Å²) >= 11 is 0. The third-order valence-corrected chi connectivity index (χ3v) is 6.51. The zero-order valence-corrected chi connectivity index (χ0v) is 17.8. The van der Waals surface area contributed by atoms with Crippen molar-refractivity contribution in [3.63, 3.8) is 0 Å². The molecule has 0 saturated carbocycles. The van der Waals surface area contributed by atoms with Gasteiger partial charge in [-0.25, -0.2) is 13.2 Å². The fourth-order valence-electron chi connectivity index (χ4n) is 3.15. The standard InChI is InChI=1S/C21H26N2O5S/c1-5-16-8-7-9-17(6-2)20(16)23(14(3)21(25)26)29(27,28)19-12-10-18(11-13-19)22-15(4)24/h7-14H,5-6H2,1-4H3,(H,22,24)(H,25,26). The van der Waals surface area contributed by atoms with Crippen LogP contribution in [0.4, 0.5) is 11.4 Å². The molecule has 1 unspecified atom stereocenters. The van der Waals surface area contributed by atoms with Crippen molar-refractivity contribution in [1.29, 1.82) is 0 Å². The molecule has 0 radical (unpaired) electrons. The highest BCUT2D eigenvalue weighted by Gasteiger charge is 2.35. The maximum Gasteiger partial charge on any atom is 0.327 e. The second-order valence-electron chi connectivity index (χ2n) is 6.65. The van der Waals surface area contributed by atoms with E-state index in [1.807, 2.05) is 32.0 Å². The third-order valence-electron chi connectivity index (χ3n) is 4.63. The van der Waals surface area contributed by atoms with Gasteiger partial charge in [-0.1, -0.05) is 32.0 Å². The van der Waals surface area contributed by atoms with Crippen LogP contribution in [0.15, 0.2) is 47.4 Å². The van der Waals surface area contributed by atoms with E-state index in [2.05, 4.69) is 5.32 Å². The molecule has 0 aliphatic heterocycles. The van der Waals surface area contributed by atoms with Crippen molar-refractivity contribution in [2.75, 3.05) is 9.62 Å². The topological polar surface area (TPSA) is 104 Å². The van der Waals surface area contributed by atoms with Gasteiger partial charge in [-0.15, -0.1) is 0 Å². The Morgan fingerprint density at radius 2 is 1.55 bits per heavy atom. The molecule has 156 valence electrons. The molecular formula is C21H26N2O5S. The zero-order chi connectivity index (χ0) is 21.8. The highest BCUT2D eigenvalue weighted by atomic mass is 32.2. The number of nitrogens with one attached hydrogen (secondary N) is 1. The number of hydrogen-bond acceptors (Lipinski definition) is 4. The molecule has 29 heavy (non-hydrogen) atoms. The van der Waals surface area contributed by atoms with Gasteiger partial charge in [0.2, 0.25) is 5.91 Å². The van der Waals surface area contributed by atoms with Crippen molar-refractivity contribution in [1.82, 2.24) is 0 Å². The number of aryl methyl sites for hydroxylation is 2. The van der Waals surface area contributed by atoms with Crippen LogP contribution < -0.4 is 9.62 Å². The predicted molar refractivity (Wildman–Crippen MR) is 113 cm³/mol. The van der Waals surface area contributed by atoms with Crippen molar-refractivity contribution >= 4 is 33.3 Å². The monoisotopic (exact) mass is 418 g/mol. The minimum absolute atomic E-state index is 0.0485. The molecule has 2 aromatic rings. The summed E-state index contributed by atoms with van der Waals surface area (Å²) in [6.07, 6.45) is 1.12. The Morgan fingerprint density at radius 3 is 1.97 bits per heavy atom. The minimum atomic E-state index is -4.17. The van der Waals surface area contributed by atoms with Crippen LogP contribution in [0.25, 0.3) is 0 Å². The van der Waals surface area contributed by atoms with E-state index in [-0.39, 0.29) is 10.8 Å². The van der Waals surface area contributed by atoms with Crippen molar-refractivity contribution in [2.24, 2.45) is 0 Å². The largest absolute Gasteiger partial charge is 0.480 e. The van der Waals surface area contributed by atoms with Crippen LogP contribution in [0, 0.1) is 0 Å². The van der Waals surface area contributed by atoms with E-state index in [0.29, 0.717) is 24.2 Å². The number of carboxylic acids is 1. The smallest absolute Gasteiger partial charge is 0.327 e. The molecule has 1 atom stereocenters. The Balaban J connectivity index is 2.68. The first-order chi connectivity index (χ1) is 13.6. The number of carbonyl (C=O) groups excluding carboxylic acids is 1. The Labute approximate surface area is 171 Å². The molecule has 2 aromatic carbocycles. The lowest BCUT2D eigenvalue weighted by Crippen LogP contribution is -2.44. The van der Waals surface area contributed by atoms with E-state index in [1.54, 1.807) is 0 Å². The molecule has 0 aromatic heterocycles. The van der Waals surface area contributed by atoms with Gasteiger partial charge in [0, 0.05) is 12.6 Å². The lowest BCUT2D eigenvalue weighted by molar-refractivity contribution is -0.137. The number of aliphatic carboxylic acids is 1. The zero-order valence-electron chi connectivity index (χ0n) is 17.0. The minimum Gasteiger partial charge on any atom is -0.480 e. The maximum atomic E-state index is 13.5. The van der Waals surface area contributed by atoms with Crippen LogP contribution in [0.2, 0.25) is 0 Å². The third kappa shape index (κ3) is 4.76. The van der Waals surface area contributed by atoms with Crippen LogP contribution >= 0.6 is 0 Å². The Morgan fingerprint density at radius 1 is 1.03 bits per heavy atom. The van der Waals surface area contributed by atoms with Gasteiger partial charge in [-0.2, -0.15) is 0 Å². The molecule has 2 rings (SSSR count). The lowest BCUT2D eigenvalue weighted by Gasteiger charge is -2.31. The molecule has 0 heterocycles. The average Bonchev–Trinajstić information content (AvgIpc) is 2.67. The van der Waals surface area contributed by atoms with E-state index in [1.165, 1.54) is 38.1 Å². The van der Waals surface area contributed by atoms with Gasteiger partial charge < -0.3 is 10.4 Å². The highest BCUT2D eigenvalue weighted by Crippen LogP contribution is 2.34. The first-order valence-electron chi connectivity index (χ1n) is 9.39. The summed E-state index contributed by atoms with van der Waals surface area (Å²) in [7, 11) is -4.17. The van der Waals surface area contributed by atoms with Gasteiger partial charge >= 0.3 is 5.97 Å². The first kappa shape index (κ1) is 22.4. The van der Waals surface area contributed by atoms with Gasteiger partial charge in [0.15, 0.2) is 0 Å². The molecule has 0 aliphatic rings. The van der Waals surface area contributed by atoms with Gasteiger partial charge in [0.25, 0.3) is 10.0 Å². The van der Waals surface area contributed by atoms with Crippen LogP contribution in [0.5, 0.6) is 0 Å². The Kier molecular flexibility index (Phi) is 7.02. The summed E-state index contributed by atoms with van der Waals surface area (Å²) in [6, 6.07) is 9.85. The molecule has 0 bridgehead atoms. The summed E-state index contributed by atoms with van der Waals surface area (Å²) in [4.78, 5) is 23.0. The summed E-state index contributed by atoms with van der Waals surface area (Å²) in [5.74, 6) is -1.51. The van der Waals surface area contributed by atoms with E-state index in [0.717, 1.165) is 15.4 Å². The molecule has 0 saturated heterocycles. The fraction of sp³-hybridized carbons (Fsp3) is 0.333. The van der Waals surface area contributed by atoms with Crippen LogP contribution in [-0.4, -0.2) is 31.4 Å². The first-order valence-corrected chi connectivity index (χ1v) is 10.8. The van der Waals surface area contributed by atoms with E-state index in [4.69, 9.17) is 0 Å². The van der Waals surface area contributed by atoms with Crippen LogP contribution in [-0.2, 0) is 32.5 Å². The van der Waals surface area contributed by atoms with Crippen molar-refractivity contribution < 1.29 is 23.1 Å². The highest BCUT2D eigenvalue weighted by molar-refractivity contribution is 7.93. The molecule has 8 heteroatoms.